The van der Waals surface area contributed by atoms with E-state index in [1.54, 1.807) is 4.80 Å². The van der Waals surface area contributed by atoms with Crippen LogP contribution in [0.5, 0.6) is 5.75 Å². The van der Waals surface area contributed by atoms with Gasteiger partial charge < -0.3 is 4.74 Å². The molecule has 5 heteroatoms. The molecule has 116 valence electrons. The molecule has 1 atom stereocenters. The minimum Gasteiger partial charge on any atom is -0.493 e. The lowest BCUT2D eigenvalue weighted by Crippen LogP contribution is -2.13. The molecular weight excluding hydrogens is 288 g/mol. The average molecular weight is 306 g/mol. The van der Waals surface area contributed by atoms with Crippen LogP contribution in [0.2, 0.25) is 0 Å². The van der Waals surface area contributed by atoms with Gasteiger partial charge in [-0.05, 0) is 29.3 Å². The molecule has 1 aliphatic rings. The van der Waals surface area contributed by atoms with Crippen molar-refractivity contribution >= 4 is 0 Å². The van der Waals surface area contributed by atoms with Gasteiger partial charge in [0.25, 0.3) is 0 Å². The van der Waals surface area contributed by atoms with Gasteiger partial charge in [0.2, 0.25) is 0 Å². The Balaban J connectivity index is 1.48. The molecule has 0 spiro atoms. The standard InChI is InChI=1S/C18H18N4O/c1-13-6-2-3-7-14(13)10-18-19-21-22(20-18)11-15-12-23-17-9-5-4-8-16(15)17/h2-9,15H,10-12H2,1H3. The van der Waals surface area contributed by atoms with Crippen LogP contribution in [0.1, 0.15) is 28.4 Å². The maximum atomic E-state index is 5.71. The average Bonchev–Trinajstić information content (AvgIpc) is 3.18. The lowest BCUT2D eigenvalue weighted by Gasteiger charge is -2.06. The van der Waals surface area contributed by atoms with E-state index >= 15 is 0 Å². The van der Waals surface area contributed by atoms with Crippen molar-refractivity contribution in [1.82, 2.24) is 20.2 Å². The second-order valence-corrected chi connectivity index (χ2v) is 5.91. The Morgan fingerprint density at radius 3 is 2.87 bits per heavy atom. The number of aryl methyl sites for hydroxylation is 1. The molecule has 2 aromatic carbocycles. The molecule has 2 heterocycles. The fourth-order valence-corrected chi connectivity index (χ4v) is 2.98. The molecule has 1 aromatic heterocycles. The second-order valence-electron chi connectivity index (χ2n) is 5.91. The maximum Gasteiger partial charge on any atom is 0.179 e. The summed E-state index contributed by atoms with van der Waals surface area (Å²) in [5.41, 5.74) is 3.72. The van der Waals surface area contributed by atoms with E-state index in [0.29, 0.717) is 19.6 Å². The first-order valence-corrected chi connectivity index (χ1v) is 7.82. The predicted octanol–water partition coefficient (Wildman–Crippen LogP) is 2.75. The Morgan fingerprint density at radius 1 is 1.13 bits per heavy atom. The number of tetrazole rings is 1. The number of rotatable bonds is 4. The highest BCUT2D eigenvalue weighted by Gasteiger charge is 2.24. The number of fused-ring (bicyclic) bond motifs is 1. The Bertz CT molecular complexity index is 827. The summed E-state index contributed by atoms with van der Waals surface area (Å²) in [5, 5.41) is 12.9. The monoisotopic (exact) mass is 306 g/mol. The number of nitrogens with zero attached hydrogens (tertiary/aromatic N) is 4. The first kappa shape index (κ1) is 13.9. The SMILES string of the molecule is Cc1ccccc1Cc1nnn(CC2COc3ccccc32)n1. The van der Waals surface area contributed by atoms with Gasteiger partial charge in [0.1, 0.15) is 5.75 Å². The lowest BCUT2D eigenvalue weighted by molar-refractivity contribution is 0.307. The van der Waals surface area contributed by atoms with Crippen molar-refractivity contribution in [2.75, 3.05) is 6.61 Å². The van der Waals surface area contributed by atoms with E-state index in [0.717, 1.165) is 11.6 Å². The van der Waals surface area contributed by atoms with Crippen LogP contribution in [0.4, 0.5) is 0 Å². The van der Waals surface area contributed by atoms with Crippen molar-refractivity contribution in [1.29, 1.82) is 0 Å². The molecule has 5 nitrogen and oxygen atoms in total. The zero-order valence-electron chi connectivity index (χ0n) is 13.0. The van der Waals surface area contributed by atoms with E-state index in [1.165, 1.54) is 16.7 Å². The van der Waals surface area contributed by atoms with Crippen molar-refractivity contribution in [2.45, 2.75) is 25.8 Å². The third-order valence-corrected chi connectivity index (χ3v) is 4.29. The van der Waals surface area contributed by atoms with Crippen molar-refractivity contribution in [3.63, 3.8) is 0 Å². The normalized spacial score (nSPS) is 16.1. The molecular formula is C18H18N4O. The quantitative estimate of drug-likeness (QED) is 0.744. The minimum absolute atomic E-state index is 0.284. The van der Waals surface area contributed by atoms with Gasteiger partial charge in [-0.15, -0.1) is 10.2 Å². The maximum absolute atomic E-state index is 5.71. The van der Waals surface area contributed by atoms with Crippen molar-refractivity contribution < 1.29 is 4.74 Å². The Hall–Kier alpha value is -2.69. The summed E-state index contributed by atoms with van der Waals surface area (Å²) in [4.78, 5) is 1.68. The van der Waals surface area contributed by atoms with Gasteiger partial charge in [0.05, 0.1) is 13.2 Å². The van der Waals surface area contributed by atoms with Crippen LogP contribution in [-0.4, -0.2) is 26.8 Å². The molecule has 1 unspecified atom stereocenters. The van der Waals surface area contributed by atoms with E-state index in [4.69, 9.17) is 4.74 Å². The first-order valence-electron chi connectivity index (χ1n) is 7.82. The summed E-state index contributed by atoms with van der Waals surface area (Å²) in [5.74, 6) is 2.01. The molecule has 0 fully saturated rings. The fraction of sp³-hybridized carbons (Fsp3) is 0.278. The van der Waals surface area contributed by atoms with Crippen LogP contribution < -0.4 is 4.74 Å². The molecule has 4 rings (SSSR count). The molecule has 23 heavy (non-hydrogen) atoms. The zero-order chi connectivity index (χ0) is 15.6. The first-order chi connectivity index (χ1) is 11.3. The molecule has 0 saturated carbocycles. The van der Waals surface area contributed by atoms with E-state index in [9.17, 15) is 0 Å². The van der Waals surface area contributed by atoms with Crippen LogP contribution in [-0.2, 0) is 13.0 Å². The minimum atomic E-state index is 0.284. The molecule has 3 aromatic rings. The lowest BCUT2D eigenvalue weighted by atomic mass is 10.0. The highest BCUT2D eigenvalue weighted by molar-refractivity contribution is 5.39. The largest absolute Gasteiger partial charge is 0.493 e. The van der Waals surface area contributed by atoms with Gasteiger partial charge >= 0.3 is 0 Å². The van der Waals surface area contributed by atoms with Gasteiger partial charge in [-0.3, -0.25) is 0 Å². The molecule has 0 bridgehead atoms. The smallest absolute Gasteiger partial charge is 0.179 e. The summed E-state index contributed by atoms with van der Waals surface area (Å²) in [7, 11) is 0. The third-order valence-electron chi connectivity index (χ3n) is 4.29. The third kappa shape index (κ3) is 2.82. The van der Waals surface area contributed by atoms with Gasteiger partial charge in [-0.1, -0.05) is 42.5 Å². The topological polar surface area (TPSA) is 52.8 Å². The Labute approximate surface area is 134 Å². The second kappa shape index (κ2) is 5.83. The highest BCUT2D eigenvalue weighted by Crippen LogP contribution is 2.34. The fourth-order valence-electron chi connectivity index (χ4n) is 2.98. The molecule has 0 amide bonds. The summed E-state index contributed by atoms with van der Waals surface area (Å²) in [6.07, 6.45) is 0.713. The van der Waals surface area contributed by atoms with Crippen LogP contribution in [0.3, 0.4) is 0 Å². The Morgan fingerprint density at radius 2 is 1.96 bits per heavy atom. The number of ether oxygens (including phenoxy) is 1. The van der Waals surface area contributed by atoms with Crippen LogP contribution in [0.25, 0.3) is 0 Å². The Kier molecular flexibility index (Phi) is 3.54. The molecule has 1 aliphatic heterocycles. The molecule has 0 aliphatic carbocycles. The van der Waals surface area contributed by atoms with Crippen LogP contribution in [0, 0.1) is 6.92 Å². The van der Waals surface area contributed by atoms with E-state index in [2.05, 4.69) is 40.5 Å². The van der Waals surface area contributed by atoms with Crippen LogP contribution in [0.15, 0.2) is 48.5 Å². The van der Waals surface area contributed by atoms with Gasteiger partial charge in [0, 0.05) is 17.9 Å². The highest BCUT2D eigenvalue weighted by atomic mass is 16.5. The predicted molar refractivity (Wildman–Crippen MR) is 86.5 cm³/mol. The van der Waals surface area contributed by atoms with Crippen molar-refractivity contribution in [3.05, 3.63) is 71.0 Å². The van der Waals surface area contributed by atoms with Gasteiger partial charge in [-0.2, -0.15) is 4.80 Å². The number of aromatic nitrogens is 4. The van der Waals surface area contributed by atoms with Crippen molar-refractivity contribution in [3.8, 4) is 5.75 Å². The number of hydrogen-bond donors (Lipinski definition) is 0. The van der Waals surface area contributed by atoms with Crippen LogP contribution >= 0.6 is 0 Å². The summed E-state index contributed by atoms with van der Waals surface area (Å²) < 4.78 is 5.71. The summed E-state index contributed by atoms with van der Waals surface area (Å²) in [6.45, 7) is 3.47. The van der Waals surface area contributed by atoms with Gasteiger partial charge in [0.15, 0.2) is 5.82 Å². The summed E-state index contributed by atoms with van der Waals surface area (Å²) in [6, 6.07) is 16.4. The van der Waals surface area contributed by atoms with Crippen molar-refractivity contribution in [2.24, 2.45) is 0 Å². The zero-order valence-corrected chi connectivity index (χ0v) is 13.0. The van der Waals surface area contributed by atoms with E-state index in [1.807, 2.05) is 30.3 Å². The number of hydrogen-bond acceptors (Lipinski definition) is 4. The molecule has 0 radical (unpaired) electrons. The molecule has 0 N–H and O–H groups in total. The summed E-state index contributed by atoms with van der Waals surface area (Å²) >= 11 is 0. The number of benzene rings is 2. The van der Waals surface area contributed by atoms with Gasteiger partial charge in [-0.25, -0.2) is 0 Å². The number of para-hydroxylation sites is 1. The van der Waals surface area contributed by atoms with E-state index in [-0.39, 0.29) is 5.92 Å². The van der Waals surface area contributed by atoms with E-state index < -0.39 is 0 Å². The molecule has 0 saturated heterocycles.